The molecule has 1 aromatic carbocycles. The Hall–Kier alpha value is -0.980. The Labute approximate surface area is 74.0 Å². The van der Waals surface area contributed by atoms with Crippen molar-refractivity contribution >= 4 is 5.69 Å². The quantitative estimate of drug-likeness (QED) is 0.610. The normalized spacial score (nSPS) is 23.1. The fourth-order valence-electron chi connectivity index (χ4n) is 1.89. The summed E-state index contributed by atoms with van der Waals surface area (Å²) in [5, 5.41) is 0. The lowest BCUT2D eigenvalue weighted by atomic mass is 10.2. The highest BCUT2D eigenvalue weighted by Gasteiger charge is 2.19. The number of hydrogen-bond acceptors (Lipinski definition) is 1. The minimum absolute atomic E-state index is 0.715. The molecule has 0 N–H and O–H groups in total. The molecule has 1 aromatic rings. The van der Waals surface area contributed by atoms with Gasteiger partial charge in [0.05, 0.1) is 0 Å². The summed E-state index contributed by atoms with van der Waals surface area (Å²) in [7, 11) is 0. The van der Waals surface area contributed by atoms with Crippen molar-refractivity contribution in [2.24, 2.45) is 0 Å². The molecule has 1 nitrogen and oxygen atoms in total. The predicted molar refractivity (Wildman–Crippen MR) is 51.3 cm³/mol. The van der Waals surface area contributed by atoms with Crippen molar-refractivity contribution in [2.75, 3.05) is 11.4 Å². The van der Waals surface area contributed by atoms with Crippen LogP contribution in [-0.4, -0.2) is 12.6 Å². The van der Waals surface area contributed by atoms with E-state index in [1.165, 1.54) is 25.1 Å². The van der Waals surface area contributed by atoms with E-state index < -0.39 is 0 Å². The van der Waals surface area contributed by atoms with Crippen molar-refractivity contribution in [3.05, 3.63) is 30.3 Å². The summed E-state index contributed by atoms with van der Waals surface area (Å²) in [6.07, 6.45) is 2.67. The molecule has 0 saturated carbocycles. The predicted octanol–water partition coefficient (Wildman–Crippen LogP) is 2.48. The maximum absolute atomic E-state index is 3.04. The Bertz CT molecular complexity index is 242. The van der Waals surface area contributed by atoms with E-state index in [2.05, 4.69) is 30.0 Å². The molecule has 1 heterocycles. The Kier molecular flexibility index (Phi) is 2.03. The molecule has 0 unspecified atom stereocenters. The first-order valence-corrected chi connectivity index (χ1v) is 4.60. The molecular weight excluding hydrogens is 146 g/mol. The molecule has 0 aliphatic carbocycles. The zero-order valence-electron chi connectivity index (χ0n) is 7.46. The van der Waals surface area contributed by atoms with Gasteiger partial charge in [0, 0.05) is 18.3 Å². The summed E-state index contributed by atoms with van der Waals surface area (Å²) in [5.41, 5.74) is 1.35. The van der Waals surface area contributed by atoms with Crippen LogP contribution in [-0.2, 0) is 0 Å². The van der Waals surface area contributed by atoms with Gasteiger partial charge >= 0.3 is 0 Å². The van der Waals surface area contributed by atoms with E-state index in [4.69, 9.17) is 0 Å². The SMILES string of the molecule is C[C@@H]1CCCN1c1cc[c]cc1. The van der Waals surface area contributed by atoms with Crippen LogP contribution in [0.1, 0.15) is 19.8 Å². The molecule has 0 aromatic heterocycles. The molecular formula is C11H14N. The van der Waals surface area contributed by atoms with Gasteiger partial charge in [-0.2, -0.15) is 0 Å². The van der Waals surface area contributed by atoms with Crippen LogP contribution in [0, 0.1) is 6.07 Å². The van der Waals surface area contributed by atoms with Gasteiger partial charge in [0.25, 0.3) is 0 Å². The van der Waals surface area contributed by atoms with Crippen molar-refractivity contribution in [3.63, 3.8) is 0 Å². The lowest BCUT2D eigenvalue weighted by Crippen LogP contribution is -2.25. The van der Waals surface area contributed by atoms with Crippen LogP contribution in [0.5, 0.6) is 0 Å². The van der Waals surface area contributed by atoms with E-state index in [1.54, 1.807) is 0 Å². The highest BCUT2D eigenvalue weighted by molar-refractivity contribution is 5.47. The van der Waals surface area contributed by atoms with E-state index in [0.29, 0.717) is 6.04 Å². The van der Waals surface area contributed by atoms with Gasteiger partial charge in [0.1, 0.15) is 0 Å². The Morgan fingerprint density at radius 1 is 1.42 bits per heavy atom. The maximum atomic E-state index is 3.04. The average Bonchev–Trinajstić information content (AvgIpc) is 2.53. The first-order valence-electron chi connectivity index (χ1n) is 4.60. The molecule has 1 atom stereocenters. The van der Waals surface area contributed by atoms with Crippen molar-refractivity contribution in [1.29, 1.82) is 0 Å². The fraction of sp³-hybridized carbons (Fsp3) is 0.455. The zero-order chi connectivity index (χ0) is 8.39. The molecule has 1 aliphatic heterocycles. The molecule has 0 bridgehead atoms. The molecule has 1 aliphatic rings. The second kappa shape index (κ2) is 3.18. The summed E-state index contributed by atoms with van der Waals surface area (Å²) in [6.45, 7) is 3.51. The third-order valence-electron chi connectivity index (χ3n) is 2.59. The van der Waals surface area contributed by atoms with Gasteiger partial charge in [-0.15, -0.1) is 0 Å². The van der Waals surface area contributed by atoms with Crippen LogP contribution < -0.4 is 4.90 Å². The molecule has 2 rings (SSSR count). The van der Waals surface area contributed by atoms with E-state index in [1.807, 2.05) is 12.1 Å². The van der Waals surface area contributed by atoms with Gasteiger partial charge in [-0.1, -0.05) is 12.1 Å². The molecule has 1 heteroatoms. The fourth-order valence-corrected chi connectivity index (χ4v) is 1.89. The summed E-state index contributed by atoms with van der Waals surface area (Å²) in [5.74, 6) is 0. The van der Waals surface area contributed by atoms with Crippen LogP contribution in [0.25, 0.3) is 0 Å². The Morgan fingerprint density at radius 3 is 2.75 bits per heavy atom. The molecule has 0 spiro atoms. The minimum Gasteiger partial charge on any atom is -0.369 e. The second-order valence-electron chi connectivity index (χ2n) is 3.44. The van der Waals surface area contributed by atoms with Gasteiger partial charge < -0.3 is 4.90 Å². The van der Waals surface area contributed by atoms with Gasteiger partial charge in [0.15, 0.2) is 0 Å². The van der Waals surface area contributed by atoms with Gasteiger partial charge in [-0.05, 0) is 38.0 Å². The van der Waals surface area contributed by atoms with Crippen LogP contribution in [0.2, 0.25) is 0 Å². The monoisotopic (exact) mass is 160 g/mol. The standard InChI is InChI=1S/C11H14N/c1-10-6-5-9-12(10)11-7-3-2-4-8-11/h3-4,7-8,10H,5-6,9H2,1H3/t10-/m1/s1. The summed E-state index contributed by atoms with van der Waals surface area (Å²) in [4.78, 5) is 2.47. The summed E-state index contributed by atoms with van der Waals surface area (Å²) >= 11 is 0. The number of benzene rings is 1. The van der Waals surface area contributed by atoms with Crippen LogP contribution >= 0.6 is 0 Å². The van der Waals surface area contributed by atoms with Crippen molar-refractivity contribution in [2.45, 2.75) is 25.8 Å². The first kappa shape index (κ1) is 7.66. The lowest BCUT2D eigenvalue weighted by Gasteiger charge is -2.23. The highest BCUT2D eigenvalue weighted by Crippen LogP contribution is 2.24. The topological polar surface area (TPSA) is 3.24 Å². The Balaban J connectivity index is 2.19. The van der Waals surface area contributed by atoms with Gasteiger partial charge in [0.2, 0.25) is 0 Å². The molecule has 1 fully saturated rings. The number of rotatable bonds is 1. The molecule has 1 saturated heterocycles. The van der Waals surface area contributed by atoms with Gasteiger partial charge in [-0.25, -0.2) is 0 Å². The van der Waals surface area contributed by atoms with Crippen molar-refractivity contribution < 1.29 is 0 Å². The average molecular weight is 160 g/mol. The second-order valence-corrected chi connectivity index (χ2v) is 3.44. The molecule has 0 amide bonds. The number of anilines is 1. The lowest BCUT2D eigenvalue weighted by molar-refractivity contribution is 0.735. The largest absolute Gasteiger partial charge is 0.369 e. The van der Waals surface area contributed by atoms with Gasteiger partial charge in [-0.3, -0.25) is 0 Å². The maximum Gasteiger partial charge on any atom is 0.0369 e. The smallest absolute Gasteiger partial charge is 0.0369 e. The summed E-state index contributed by atoms with van der Waals surface area (Å²) < 4.78 is 0. The van der Waals surface area contributed by atoms with E-state index in [-0.39, 0.29) is 0 Å². The van der Waals surface area contributed by atoms with Crippen molar-refractivity contribution in [1.82, 2.24) is 0 Å². The van der Waals surface area contributed by atoms with E-state index in [0.717, 1.165) is 0 Å². The minimum atomic E-state index is 0.715. The van der Waals surface area contributed by atoms with Crippen LogP contribution in [0.15, 0.2) is 24.3 Å². The van der Waals surface area contributed by atoms with Crippen LogP contribution in [0.4, 0.5) is 5.69 Å². The third-order valence-corrected chi connectivity index (χ3v) is 2.59. The number of nitrogens with zero attached hydrogens (tertiary/aromatic N) is 1. The van der Waals surface area contributed by atoms with Crippen LogP contribution in [0.3, 0.4) is 0 Å². The summed E-state index contributed by atoms with van der Waals surface area (Å²) in [6, 6.07) is 12.0. The van der Waals surface area contributed by atoms with E-state index >= 15 is 0 Å². The number of hydrogen-bond donors (Lipinski definition) is 0. The highest BCUT2D eigenvalue weighted by atomic mass is 15.2. The first-order chi connectivity index (χ1) is 5.88. The molecule has 63 valence electrons. The van der Waals surface area contributed by atoms with Crippen molar-refractivity contribution in [3.8, 4) is 0 Å². The van der Waals surface area contributed by atoms with E-state index in [9.17, 15) is 0 Å². The zero-order valence-corrected chi connectivity index (χ0v) is 7.46. The molecule has 12 heavy (non-hydrogen) atoms. The Morgan fingerprint density at radius 2 is 2.17 bits per heavy atom. The molecule has 1 radical (unpaired) electrons. The third kappa shape index (κ3) is 1.31.